The van der Waals surface area contributed by atoms with Crippen LogP contribution in [0.15, 0.2) is 55.1 Å². The minimum absolute atomic E-state index is 1.01. The summed E-state index contributed by atoms with van der Waals surface area (Å²) < 4.78 is 0. The molecule has 0 saturated carbocycles. The van der Waals surface area contributed by atoms with Crippen molar-refractivity contribution in [2.24, 2.45) is 0 Å². The number of hydrogen-bond donors (Lipinski definition) is 0. The van der Waals surface area contributed by atoms with E-state index in [0.717, 1.165) is 12.8 Å². The molecule has 0 unspecified atom stereocenters. The van der Waals surface area contributed by atoms with Crippen molar-refractivity contribution in [3.05, 3.63) is 77.4 Å². The van der Waals surface area contributed by atoms with Crippen LogP contribution in [0.25, 0.3) is 6.08 Å². The van der Waals surface area contributed by atoms with Crippen molar-refractivity contribution in [3.63, 3.8) is 0 Å². The summed E-state index contributed by atoms with van der Waals surface area (Å²) in [6.07, 6.45) is 4.02. The van der Waals surface area contributed by atoms with Crippen molar-refractivity contribution in [1.29, 1.82) is 0 Å². The van der Waals surface area contributed by atoms with Crippen molar-refractivity contribution in [3.8, 4) is 0 Å². The molecule has 2 rings (SSSR count). The van der Waals surface area contributed by atoms with Crippen LogP contribution in [0.4, 0.5) is 0 Å². The zero-order valence-corrected chi connectivity index (χ0v) is 10.3. The summed E-state index contributed by atoms with van der Waals surface area (Å²) in [4.78, 5) is 0. The summed E-state index contributed by atoms with van der Waals surface area (Å²) in [5.74, 6) is 0. The van der Waals surface area contributed by atoms with E-state index in [0.29, 0.717) is 0 Å². The van der Waals surface area contributed by atoms with E-state index in [1.807, 2.05) is 6.08 Å². The van der Waals surface area contributed by atoms with E-state index >= 15 is 0 Å². The lowest BCUT2D eigenvalue weighted by atomic mass is 9.94. The predicted octanol–water partition coefficient (Wildman–Crippen LogP) is 4.48. The second kappa shape index (κ2) is 5.49. The molecule has 0 atom stereocenters. The lowest BCUT2D eigenvalue weighted by molar-refractivity contribution is 1.06. The van der Waals surface area contributed by atoms with E-state index in [9.17, 15) is 0 Å². The molecule has 2 aromatic rings. The fourth-order valence-electron chi connectivity index (χ4n) is 2.26. The summed E-state index contributed by atoms with van der Waals surface area (Å²) in [5, 5.41) is 0. The smallest absolute Gasteiger partial charge is 0.00228 e. The van der Waals surface area contributed by atoms with Gasteiger partial charge in [0.2, 0.25) is 0 Å². The molecule has 0 nitrogen and oxygen atoms in total. The van der Waals surface area contributed by atoms with E-state index < -0.39 is 0 Å². The third-order valence-corrected chi connectivity index (χ3v) is 3.12. The molecule has 86 valence electrons. The van der Waals surface area contributed by atoms with Crippen molar-refractivity contribution >= 4 is 6.08 Å². The van der Waals surface area contributed by atoms with Crippen LogP contribution in [0.3, 0.4) is 0 Å². The van der Waals surface area contributed by atoms with Gasteiger partial charge < -0.3 is 0 Å². The van der Waals surface area contributed by atoms with Crippen molar-refractivity contribution in [2.45, 2.75) is 19.8 Å². The molecule has 0 aromatic heterocycles. The molecule has 17 heavy (non-hydrogen) atoms. The first-order valence-electron chi connectivity index (χ1n) is 6.12. The predicted molar refractivity (Wildman–Crippen MR) is 75.2 cm³/mol. The fraction of sp³-hybridized carbons (Fsp3) is 0.176. The first-order valence-corrected chi connectivity index (χ1v) is 6.12. The summed E-state index contributed by atoms with van der Waals surface area (Å²) in [7, 11) is 0. The Morgan fingerprint density at radius 3 is 2.41 bits per heavy atom. The van der Waals surface area contributed by atoms with E-state index in [2.05, 4.69) is 62.0 Å². The molecule has 0 N–H and O–H groups in total. The normalized spacial score (nSPS) is 10.2. The largest absolute Gasteiger partial charge is 0.0985 e. The van der Waals surface area contributed by atoms with Crippen LogP contribution in [0, 0.1) is 0 Å². The van der Waals surface area contributed by atoms with Gasteiger partial charge in [-0.25, -0.2) is 0 Å². The maximum Gasteiger partial charge on any atom is -0.00228 e. The highest BCUT2D eigenvalue weighted by molar-refractivity contribution is 5.55. The number of benzene rings is 2. The van der Waals surface area contributed by atoms with Gasteiger partial charge in [0.25, 0.3) is 0 Å². The van der Waals surface area contributed by atoms with E-state index in [4.69, 9.17) is 0 Å². The Morgan fingerprint density at radius 2 is 1.76 bits per heavy atom. The minimum Gasteiger partial charge on any atom is -0.0985 e. The van der Waals surface area contributed by atoms with Gasteiger partial charge in [0.15, 0.2) is 0 Å². The van der Waals surface area contributed by atoms with Gasteiger partial charge in [0.05, 0.1) is 0 Å². The molecule has 0 bridgehead atoms. The van der Waals surface area contributed by atoms with E-state index in [-0.39, 0.29) is 0 Å². The average molecular weight is 222 g/mol. The van der Waals surface area contributed by atoms with Crippen molar-refractivity contribution in [2.75, 3.05) is 0 Å². The molecule has 0 heteroatoms. The Hall–Kier alpha value is -1.82. The van der Waals surface area contributed by atoms with Crippen molar-refractivity contribution < 1.29 is 0 Å². The van der Waals surface area contributed by atoms with Crippen LogP contribution < -0.4 is 0 Å². The molecule has 0 fully saturated rings. The summed E-state index contributed by atoms with van der Waals surface area (Å²) >= 11 is 0. The molecule has 0 spiro atoms. The monoisotopic (exact) mass is 222 g/mol. The highest BCUT2D eigenvalue weighted by Gasteiger charge is 2.04. The van der Waals surface area contributed by atoms with Gasteiger partial charge in [0, 0.05) is 0 Å². The molecule has 2 aromatic carbocycles. The highest BCUT2D eigenvalue weighted by Crippen LogP contribution is 2.20. The van der Waals surface area contributed by atoms with Gasteiger partial charge in [-0.05, 0) is 35.1 Å². The van der Waals surface area contributed by atoms with Crippen LogP contribution in [0.5, 0.6) is 0 Å². The highest BCUT2D eigenvalue weighted by atomic mass is 14.1. The molecule has 0 amide bonds. The number of rotatable bonds is 4. The number of hydrogen-bond acceptors (Lipinski definition) is 0. The van der Waals surface area contributed by atoms with Gasteiger partial charge in [-0.2, -0.15) is 0 Å². The zero-order chi connectivity index (χ0) is 12.1. The molecular formula is C17H18. The minimum atomic E-state index is 1.01. The second-order valence-corrected chi connectivity index (χ2v) is 4.20. The zero-order valence-electron chi connectivity index (χ0n) is 10.3. The van der Waals surface area contributed by atoms with Crippen LogP contribution >= 0.6 is 0 Å². The quantitative estimate of drug-likeness (QED) is 0.715. The first kappa shape index (κ1) is 11.7. The Kier molecular flexibility index (Phi) is 3.77. The van der Waals surface area contributed by atoms with Gasteiger partial charge in [0.1, 0.15) is 0 Å². The molecule has 0 aliphatic carbocycles. The average Bonchev–Trinajstić information content (AvgIpc) is 2.39. The lowest BCUT2D eigenvalue weighted by Gasteiger charge is -2.11. The Labute approximate surface area is 104 Å². The summed E-state index contributed by atoms with van der Waals surface area (Å²) in [5.41, 5.74) is 5.46. The van der Waals surface area contributed by atoms with Crippen LogP contribution in [0.2, 0.25) is 0 Å². The second-order valence-electron chi connectivity index (χ2n) is 4.20. The fourth-order valence-corrected chi connectivity index (χ4v) is 2.26. The van der Waals surface area contributed by atoms with Crippen molar-refractivity contribution in [1.82, 2.24) is 0 Å². The molecule has 0 aliphatic rings. The summed E-state index contributed by atoms with van der Waals surface area (Å²) in [6, 6.07) is 17.1. The Bertz CT molecular complexity index is 495. The molecule has 0 heterocycles. The van der Waals surface area contributed by atoms with E-state index in [1.54, 1.807) is 0 Å². The molecule has 0 aliphatic heterocycles. The standard InChI is InChI=1S/C17H18/c1-3-15-11-8-12-16(17(15)4-2)13-14-9-6-5-7-10-14/h3,5-12H,1,4,13H2,2H3. The SMILES string of the molecule is C=Cc1cccc(Cc2ccccc2)c1CC. The van der Waals surface area contributed by atoms with Crippen LogP contribution in [0.1, 0.15) is 29.2 Å². The van der Waals surface area contributed by atoms with Gasteiger partial charge in [-0.15, -0.1) is 0 Å². The van der Waals surface area contributed by atoms with Gasteiger partial charge in [-0.1, -0.05) is 68.1 Å². The van der Waals surface area contributed by atoms with Crippen LogP contribution in [-0.4, -0.2) is 0 Å². The van der Waals surface area contributed by atoms with Gasteiger partial charge in [-0.3, -0.25) is 0 Å². The molecular weight excluding hydrogens is 204 g/mol. The maximum atomic E-state index is 3.89. The summed E-state index contributed by atoms with van der Waals surface area (Å²) in [6.45, 7) is 6.09. The lowest BCUT2D eigenvalue weighted by Crippen LogP contribution is -1.97. The van der Waals surface area contributed by atoms with Gasteiger partial charge >= 0.3 is 0 Å². The van der Waals surface area contributed by atoms with Crippen LogP contribution in [-0.2, 0) is 12.8 Å². The molecule has 0 saturated heterocycles. The first-order chi connectivity index (χ1) is 8.35. The van der Waals surface area contributed by atoms with E-state index in [1.165, 1.54) is 22.3 Å². The topological polar surface area (TPSA) is 0 Å². The third kappa shape index (κ3) is 2.65. The Morgan fingerprint density at radius 1 is 1.00 bits per heavy atom. The molecule has 0 radical (unpaired) electrons. The third-order valence-electron chi connectivity index (χ3n) is 3.12. The Balaban J connectivity index is 2.36. The maximum absolute atomic E-state index is 3.89.